The maximum absolute atomic E-state index is 11.6. The molecular formula is C13H26N2O. The Balaban J connectivity index is 2.58. The van der Waals surface area contributed by atoms with Gasteiger partial charge in [-0.2, -0.15) is 0 Å². The number of likely N-dealkylation sites (N-methyl/N-ethyl adjacent to an activating group) is 1. The van der Waals surface area contributed by atoms with Crippen molar-refractivity contribution in [3.63, 3.8) is 0 Å². The highest BCUT2D eigenvalue weighted by Crippen LogP contribution is 2.18. The van der Waals surface area contributed by atoms with Crippen molar-refractivity contribution in [1.29, 1.82) is 0 Å². The second kappa shape index (κ2) is 6.24. The lowest BCUT2D eigenvalue weighted by atomic mass is 10.0. The highest BCUT2D eigenvalue weighted by Gasteiger charge is 2.25. The van der Waals surface area contributed by atoms with Crippen LogP contribution in [0.2, 0.25) is 0 Å². The summed E-state index contributed by atoms with van der Waals surface area (Å²) in [7, 11) is 0. The van der Waals surface area contributed by atoms with E-state index in [-0.39, 0.29) is 5.91 Å². The predicted molar refractivity (Wildman–Crippen MR) is 67.4 cm³/mol. The third-order valence-electron chi connectivity index (χ3n) is 3.59. The fourth-order valence-corrected chi connectivity index (χ4v) is 2.61. The zero-order valence-corrected chi connectivity index (χ0v) is 11.2. The van der Waals surface area contributed by atoms with Gasteiger partial charge in [-0.05, 0) is 39.8 Å². The predicted octanol–water partition coefficient (Wildman–Crippen LogP) is 2.12. The molecule has 0 aromatic heterocycles. The lowest BCUT2D eigenvalue weighted by Gasteiger charge is -2.39. The van der Waals surface area contributed by atoms with Crippen LogP contribution in [0.3, 0.4) is 0 Å². The van der Waals surface area contributed by atoms with Crippen LogP contribution >= 0.6 is 0 Å². The second-order valence-corrected chi connectivity index (χ2v) is 5.04. The number of hydrogen-bond acceptors (Lipinski definition) is 2. The number of carbonyl (C=O) groups is 1. The van der Waals surface area contributed by atoms with Crippen molar-refractivity contribution in [3.05, 3.63) is 0 Å². The first-order chi connectivity index (χ1) is 7.56. The van der Waals surface area contributed by atoms with Crippen molar-refractivity contribution < 1.29 is 4.79 Å². The van der Waals surface area contributed by atoms with E-state index in [0.29, 0.717) is 12.1 Å². The maximum atomic E-state index is 11.6. The zero-order valence-electron chi connectivity index (χ0n) is 11.2. The number of hydrogen-bond donors (Lipinski definition) is 0. The fourth-order valence-electron chi connectivity index (χ4n) is 2.61. The Morgan fingerprint density at radius 2 is 2.12 bits per heavy atom. The average molecular weight is 226 g/mol. The molecule has 0 N–H and O–H groups in total. The van der Waals surface area contributed by atoms with Gasteiger partial charge in [-0.25, -0.2) is 0 Å². The highest BCUT2D eigenvalue weighted by molar-refractivity contribution is 5.73. The summed E-state index contributed by atoms with van der Waals surface area (Å²) in [5, 5.41) is 0. The van der Waals surface area contributed by atoms with E-state index >= 15 is 0 Å². The number of likely N-dealkylation sites (tertiary alicyclic amines) is 1. The molecule has 0 aromatic carbocycles. The number of rotatable bonds is 4. The second-order valence-electron chi connectivity index (χ2n) is 5.04. The quantitative estimate of drug-likeness (QED) is 0.733. The normalized spacial score (nSPS) is 22.4. The number of carbonyl (C=O) groups excluding carboxylic acids is 1. The van der Waals surface area contributed by atoms with Gasteiger partial charge in [0.05, 0.1) is 0 Å². The molecule has 16 heavy (non-hydrogen) atoms. The van der Waals surface area contributed by atoms with E-state index in [4.69, 9.17) is 0 Å². The van der Waals surface area contributed by atoms with E-state index in [1.807, 2.05) is 4.90 Å². The van der Waals surface area contributed by atoms with Crippen molar-refractivity contribution in [2.24, 2.45) is 0 Å². The molecule has 0 bridgehead atoms. The van der Waals surface area contributed by atoms with Crippen LogP contribution in [0.25, 0.3) is 0 Å². The SMILES string of the molecule is CCN1CCCCC1CN(C(C)=O)C(C)C. The van der Waals surface area contributed by atoms with Crippen LogP contribution in [0.15, 0.2) is 0 Å². The minimum atomic E-state index is 0.205. The van der Waals surface area contributed by atoms with E-state index in [1.54, 1.807) is 6.92 Å². The van der Waals surface area contributed by atoms with Crippen LogP contribution in [0, 0.1) is 0 Å². The van der Waals surface area contributed by atoms with Gasteiger partial charge in [-0.15, -0.1) is 0 Å². The van der Waals surface area contributed by atoms with Crippen LogP contribution in [0.1, 0.15) is 47.0 Å². The van der Waals surface area contributed by atoms with Crippen LogP contribution in [-0.2, 0) is 4.79 Å². The Kier molecular flexibility index (Phi) is 5.26. The molecule has 0 aromatic rings. The average Bonchev–Trinajstić information content (AvgIpc) is 2.25. The van der Waals surface area contributed by atoms with Gasteiger partial charge in [0.2, 0.25) is 5.91 Å². The van der Waals surface area contributed by atoms with Crippen LogP contribution in [0.4, 0.5) is 0 Å². The monoisotopic (exact) mass is 226 g/mol. The maximum Gasteiger partial charge on any atom is 0.219 e. The molecule has 1 heterocycles. The smallest absolute Gasteiger partial charge is 0.219 e. The van der Waals surface area contributed by atoms with Crippen molar-refractivity contribution in [2.45, 2.75) is 59.0 Å². The molecule has 0 aliphatic carbocycles. The Morgan fingerprint density at radius 1 is 1.44 bits per heavy atom. The minimum absolute atomic E-state index is 0.205. The van der Waals surface area contributed by atoms with E-state index in [2.05, 4.69) is 25.7 Å². The summed E-state index contributed by atoms with van der Waals surface area (Å²) in [6.07, 6.45) is 3.86. The summed E-state index contributed by atoms with van der Waals surface area (Å²) >= 11 is 0. The third kappa shape index (κ3) is 3.48. The van der Waals surface area contributed by atoms with E-state index in [9.17, 15) is 4.79 Å². The van der Waals surface area contributed by atoms with Crippen molar-refractivity contribution in [1.82, 2.24) is 9.80 Å². The number of piperidine rings is 1. The molecule has 0 spiro atoms. The summed E-state index contributed by atoms with van der Waals surface area (Å²) in [6.45, 7) is 11.3. The molecule has 94 valence electrons. The Hall–Kier alpha value is -0.570. The molecular weight excluding hydrogens is 200 g/mol. The highest BCUT2D eigenvalue weighted by atomic mass is 16.2. The van der Waals surface area contributed by atoms with Gasteiger partial charge in [0.15, 0.2) is 0 Å². The van der Waals surface area contributed by atoms with Crippen LogP contribution in [-0.4, -0.2) is 47.4 Å². The fraction of sp³-hybridized carbons (Fsp3) is 0.923. The Bertz CT molecular complexity index is 228. The zero-order chi connectivity index (χ0) is 12.1. The molecule has 1 rings (SSSR count). The Morgan fingerprint density at radius 3 is 2.62 bits per heavy atom. The van der Waals surface area contributed by atoms with Gasteiger partial charge in [0.25, 0.3) is 0 Å². The molecule has 3 heteroatoms. The van der Waals surface area contributed by atoms with Gasteiger partial charge in [-0.1, -0.05) is 13.3 Å². The topological polar surface area (TPSA) is 23.6 Å². The van der Waals surface area contributed by atoms with Gasteiger partial charge < -0.3 is 4.90 Å². The third-order valence-corrected chi connectivity index (χ3v) is 3.59. The molecule has 1 saturated heterocycles. The molecule has 1 aliphatic heterocycles. The van der Waals surface area contributed by atoms with Crippen molar-refractivity contribution in [2.75, 3.05) is 19.6 Å². The summed E-state index contributed by atoms with van der Waals surface area (Å²) in [4.78, 5) is 16.1. The summed E-state index contributed by atoms with van der Waals surface area (Å²) < 4.78 is 0. The first-order valence-electron chi connectivity index (χ1n) is 6.57. The number of amides is 1. The van der Waals surface area contributed by atoms with Crippen LogP contribution < -0.4 is 0 Å². The van der Waals surface area contributed by atoms with Gasteiger partial charge >= 0.3 is 0 Å². The van der Waals surface area contributed by atoms with Crippen LogP contribution in [0.5, 0.6) is 0 Å². The molecule has 0 radical (unpaired) electrons. The lowest BCUT2D eigenvalue weighted by molar-refractivity contribution is -0.131. The van der Waals surface area contributed by atoms with E-state index < -0.39 is 0 Å². The standard InChI is InChI=1S/C13H26N2O/c1-5-14-9-7-6-8-13(14)10-15(11(2)3)12(4)16/h11,13H,5-10H2,1-4H3. The van der Waals surface area contributed by atoms with Gasteiger partial charge in [-0.3, -0.25) is 9.69 Å². The first kappa shape index (κ1) is 13.5. The summed E-state index contributed by atoms with van der Waals surface area (Å²) in [5.74, 6) is 0.205. The first-order valence-corrected chi connectivity index (χ1v) is 6.57. The lowest BCUT2D eigenvalue weighted by Crippen LogP contribution is -2.49. The van der Waals surface area contributed by atoms with Crippen molar-refractivity contribution >= 4 is 5.91 Å². The molecule has 1 atom stereocenters. The minimum Gasteiger partial charge on any atom is -0.339 e. The Labute approximate surface area is 99.8 Å². The largest absolute Gasteiger partial charge is 0.339 e. The molecule has 1 amide bonds. The molecule has 3 nitrogen and oxygen atoms in total. The molecule has 1 fully saturated rings. The van der Waals surface area contributed by atoms with E-state index in [1.165, 1.54) is 25.8 Å². The summed E-state index contributed by atoms with van der Waals surface area (Å²) in [5.41, 5.74) is 0. The number of nitrogens with zero attached hydrogens (tertiary/aromatic N) is 2. The molecule has 0 saturated carbocycles. The van der Waals surface area contributed by atoms with Crippen molar-refractivity contribution in [3.8, 4) is 0 Å². The van der Waals surface area contributed by atoms with Gasteiger partial charge in [0, 0.05) is 25.6 Å². The van der Waals surface area contributed by atoms with E-state index in [0.717, 1.165) is 13.1 Å². The van der Waals surface area contributed by atoms with Gasteiger partial charge in [0.1, 0.15) is 0 Å². The molecule has 1 unspecified atom stereocenters. The summed E-state index contributed by atoms with van der Waals surface area (Å²) in [6, 6.07) is 0.892. The molecule has 1 aliphatic rings.